The van der Waals surface area contributed by atoms with Crippen molar-refractivity contribution >= 4 is 17.4 Å². The van der Waals surface area contributed by atoms with Gasteiger partial charge in [-0.3, -0.25) is 9.59 Å². The number of carbonyl (C=O) groups is 2. The highest BCUT2D eigenvalue weighted by Crippen LogP contribution is 2.25. The first-order valence-electron chi connectivity index (χ1n) is 8.32. The van der Waals surface area contributed by atoms with Crippen molar-refractivity contribution in [3.8, 4) is 0 Å². The highest BCUT2D eigenvalue weighted by Gasteiger charge is 2.37. The van der Waals surface area contributed by atoms with Crippen LogP contribution in [0, 0.1) is 0 Å². The van der Waals surface area contributed by atoms with E-state index in [-0.39, 0.29) is 35.6 Å². The van der Waals surface area contributed by atoms with Crippen molar-refractivity contribution in [3.05, 3.63) is 41.0 Å². The molecule has 0 bridgehead atoms. The van der Waals surface area contributed by atoms with E-state index in [1.807, 2.05) is 26.0 Å². The zero-order valence-corrected chi connectivity index (χ0v) is 14.1. The number of carbonyl (C=O) groups excluding carboxylic acids is 2. The second kappa shape index (κ2) is 7.44. The Morgan fingerprint density at radius 3 is 2.35 bits per heavy atom. The van der Waals surface area contributed by atoms with E-state index in [4.69, 9.17) is 0 Å². The van der Waals surface area contributed by atoms with Crippen LogP contribution in [0.4, 0.5) is 0 Å². The Labute approximate surface area is 137 Å². The Bertz CT molecular complexity index is 614. The fourth-order valence-electron chi connectivity index (χ4n) is 2.77. The molecule has 124 valence electrons. The third-order valence-corrected chi connectivity index (χ3v) is 4.22. The molecule has 23 heavy (non-hydrogen) atoms. The monoisotopic (exact) mass is 315 g/mol. The summed E-state index contributed by atoms with van der Waals surface area (Å²) in [6.45, 7) is 5.93. The van der Waals surface area contributed by atoms with Gasteiger partial charge in [-0.05, 0) is 32.3 Å². The highest BCUT2D eigenvalue weighted by molar-refractivity contribution is 6.28. The topological polar surface area (TPSA) is 57.6 Å². The molecule has 1 saturated heterocycles. The van der Waals surface area contributed by atoms with Gasteiger partial charge in [-0.15, -0.1) is 0 Å². The average Bonchev–Trinajstić information content (AvgIpc) is 2.83. The predicted octanol–water partition coefficient (Wildman–Crippen LogP) is 3.51. The van der Waals surface area contributed by atoms with E-state index < -0.39 is 0 Å². The van der Waals surface area contributed by atoms with Crippen molar-refractivity contribution in [3.63, 3.8) is 0 Å². The average molecular weight is 315 g/mol. The molecule has 1 aromatic rings. The lowest BCUT2D eigenvalue weighted by Gasteiger charge is -2.18. The van der Waals surface area contributed by atoms with E-state index in [0.717, 1.165) is 12.8 Å². The Balaban J connectivity index is 2.20. The van der Waals surface area contributed by atoms with Crippen LogP contribution in [0.25, 0.3) is 5.76 Å². The largest absolute Gasteiger partial charge is 0.506 e. The standard InChI is InChI=1S/C19H25NO3/c1-4-5-6-7-14-8-10-15(11-9-14)18(22)17-16(21)12-20(13(2)3)19(17)23/h8-11,13,22H,4-7,12H2,1-3H3/b18-17-. The minimum absolute atomic E-state index is 0.0466. The maximum Gasteiger partial charge on any atom is 0.262 e. The molecule has 0 aliphatic carbocycles. The first-order valence-corrected chi connectivity index (χ1v) is 8.32. The molecule has 1 N–H and O–H groups in total. The summed E-state index contributed by atoms with van der Waals surface area (Å²) in [4.78, 5) is 25.9. The molecule has 1 aromatic carbocycles. The fraction of sp³-hybridized carbons (Fsp3) is 0.474. The summed E-state index contributed by atoms with van der Waals surface area (Å²) >= 11 is 0. The van der Waals surface area contributed by atoms with Gasteiger partial charge in [0.05, 0.1) is 6.54 Å². The molecule has 2 rings (SSSR count). The van der Waals surface area contributed by atoms with Crippen molar-refractivity contribution in [1.29, 1.82) is 0 Å². The van der Waals surface area contributed by atoms with Crippen LogP contribution in [0.3, 0.4) is 0 Å². The van der Waals surface area contributed by atoms with Gasteiger partial charge in [0.1, 0.15) is 11.3 Å². The summed E-state index contributed by atoms with van der Waals surface area (Å²) in [7, 11) is 0. The van der Waals surface area contributed by atoms with Crippen LogP contribution in [0.15, 0.2) is 29.8 Å². The number of aliphatic hydroxyl groups is 1. The predicted molar refractivity (Wildman–Crippen MR) is 91.1 cm³/mol. The minimum Gasteiger partial charge on any atom is -0.506 e. The molecule has 1 fully saturated rings. The van der Waals surface area contributed by atoms with Gasteiger partial charge >= 0.3 is 0 Å². The Kier molecular flexibility index (Phi) is 5.59. The van der Waals surface area contributed by atoms with Crippen molar-refractivity contribution in [2.24, 2.45) is 0 Å². The molecule has 1 heterocycles. The number of Topliss-reactive ketones (excluding diaryl/α,β-unsaturated/α-hetero) is 1. The molecule has 0 spiro atoms. The van der Waals surface area contributed by atoms with Crippen LogP contribution in [-0.4, -0.2) is 34.3 Å². The number of unbranched alkanes of at least 4 members (excludes halogenated alkanes) is 2. The lowest BCUT2D eigenvalue weighted by atomic mass is 10.0. The summed E-state index contributed by atoms with van der Waals surface area (Å²) < 4.78 is 0. The maximum absolute atomic E-state index is 12.3. The number of ketones is 1. The van der Waals surface area contributed by atoms with Gasteiger partial charge in [0, 0.05) is 11.6 Å². The molecule has 1 aliphatic rings. The van der Waals surface area contributed by atoms with E-state index >= 15 is 0 Å². The number of hydrogen-bond donors (Lipinski definition) is 1. The van der Waals surface area contributed by atoms with E-state index in [1.165, 1.54) is 23.3 Å². The van der Waals surface area contributed by atoms with Crippen LogP contribution in [0.2, 0.25) is 0 Å². The minimum atomic E-state index is -0.380. The number of amides is 1. The summed E-state index contributed by atoms with van der Waals surface area (Å²) in [6.07, 6.45) is 4.53. The lowest BCUT2D eigenvalue weighted by molar-refractivity contribution is -0.126. The summed E-state index contributed by atoms with van der Waals surface area (Å²) in [5.74, 6) is -0.897. The first kappa shape index (κ1) is 17.3. The van der Waals surface area contributed by atoms with Gasteiger partial charge in [0.2, 0.25) is 0 Å². The Morgan fingerprint density at radius 1 is 1.17 bits per heavy atom. The quantitative estimate of drug-likeness (QED) is 0.378. The number of rotatable bonds is 6. The van der Waals surface area contributed by atoms with Gasteiger partial charge < -0.3 is 10.0 Å². The van der Waals surface area contributed by atoms with E-state index in [9.17, 15) is 14.7 Å². The normalized spacial score (nSPS) is 17.3. The van der Waals surface area contributed by atoms with Crippen LogP contribution in [-0.2, 0) is 16.0 Å². The van der Waals surface area contributed by atoms with Crippen LogP contribution < -0.4 is 0 Å². The number of nitrogens with zero attached hydrogens (tertiary/aromatic N) is 1. The number of aryl methyl sites for hydroxylation is 1. The third kappa shape index (κ3) is 3.81. The molecule has 0 atom stereocenters. The zero-order valence-electron chi connectivity index (χ0n) is 14.1. The summed E-state index contributed by atoms with van der Waals surface area (Å²) in [6, 6.07) is 7.40. The van der Waals surface area contributed by atoms with Crippen molar-refractivity contribution in [2.45, 2.75) is 52.5 Å². The Morgan fingerprint density at radius 2 is 1.83 bits per heavy atom. The SMILES string of the molecule is CCCCCc1ccc(/C(O)=C2\C(=O)CN(C(C)C)C2=O)cc1. The van der Waals surface area contributed by atoms with Crippen molar-refractivity contribution in [1.82, 2.24) is 4.90 Å². The van der Waals surface area contributed by atoms with Gasteiger partial charge in [0.15, 0.2) is 5.78 Å². The van der Waals surface area contributed by atoms with Crippen LogP contribution in [0.1, 0.15) is 51.2 Å². The van der Waals surface area contributed by atoms with Crippen molar-refractivity contribution in [2.75, 3.05) is 6.54 Å². The molecule has 0 radical (unpaired) electrons. The first-order chi connectivity index (χ1) is 11.0. The molecule has 1 amide bonds. The lowest BCUT2D eigenvalue weighted by Crippen LogP contribution is -2.32. The smallest absolute Gasteiger partial charge is 0.262 e. The fourth-order valence-corrected chi connectivity index (χ4v) is 2.77. The summed E-state index contributed by atoms with van der Waals surface area (Å²) in [5, 5.41) is 10.4. The van der Waals surface area contributed by atoms with E-state index in [0.29, 0.717) is 5.56 Å². The van der Waals surface area contributed by atoms with Crippen LogP contribution >= 0.6 is 0 Å². The van der Waals surface area contributed by atoms with E-state index in [2.05, 4.69) is 6.92 Å². The molecular formula is C19H25NO3. The second-order valence-electron chi connectivity index (χ2n) is 6.33. The van der Waals surface area contributed by atoms with Gasteiger partial charge in [-0.25, -0.2) is 0 Å². The molecule has 4 nitrogen and oxygen atoms in total. The number of likely N-dealkylation sites (tertiary alicyclic amines) is 1. The second-order valence-corrected chi connectivity index (χ2v) is 6.33. The Hall–Kier alpha value is -2.10. The zero-order chi connectivity index (χ0) is 17.0. The number of hydrogen-bond acceptors (Lipinski definition) is 3. The maximum atomic E-state index is 12.3. The van der Waals surface area contributed by atoms with E-state index in [1.54, 1.807) is 12.1 Å². The molecule has 1 aliphatic heterocycles. The van der Waals surface area contributed by atoms with Gasteiger partial charge in [0.25, 0.3) is 5.91 Å². The molecular weight excluding hydrogens is 290 g/mol. The molecule has 0 aromatic heterocycles. The molecule has 0 saturated carbocycles. The number of benzene rings is 1. The highest BCUT2D eigenvalue weighted by atomic mass is 16.3. The number of aliphatic hydroxyl groups excluding tert-OH is 1. The van der Waals surface area contributed by atoms with Crippen LogP contribution in [0.5, 0.6) is 0 Å². The summed E-state index contributed by atoms with van der Waals surface area (Å²) in [5.41, 5.74) is 1.64. The third-order valence-electron chi connectivity index (χ3n) is 4.22. The van der Waals surface area contributed by atoms with Gasteiger partial charge in [-0.2, -0.15) is 0 Å². The molecule has 0 unspecified atom stereocenters. The van der Waals surface area contributed by atoms with Crippen molar-refractivity contribution < 1.29 is 14.7 Å². The molecule has 4 heteroatoms. The van der Waals surface area contributed by atoms with Gasteiger partial charge in [-0.1, -0.05) is 44.0 Å².